The standard InChI is InChI=1S/C14H12ClF3N2O3S/c15-11-3-1-2-4-12(11)24(21,22)20-8-10-5-6-19-13(7-10)23-9-14(16,17)18/h1-7,20H,8-9H2. The van der Waals surface area contributed by atoms with Gasteiger partial charge < -0.3 is 4.74 Å². The summed E-state index contributed by atoms with van der Waals surface area (Å²) in [5, 5.41) is 0.0638. The van der Waals surface area contributed by atoms with Gasteiger partial charge in [0.2, 0.25) is 15.9 Å². The van der Waals surface area contributed by atoms with Crippen LogP contribution in [0, 0.1) is 0 Å². The minimum atomic E-state index is -4.48. The van der Waals surface area contributed by atoms with Gasteiger partial charge in [-0.2, -0.15) is 13.2 Å². The zero-order chi connectivity index (χ0) is 17.8. The Morgan fingerprint density at radius 1 is 1.21 bits per heavy atom. The molecule has 0 fully saturated rings. The molecular formula is C14H12ClF3N2O3S. The van der Waals surface area contributed by atoms with Crippen molar-refractivity contribution in [2.45, 2.75) is 17.6 Å². The molecule has 1 heterocycles. The number of nitrogens with zero attached hydrogens (tertiary/aromatic N) is 1. The number of hydrogen-bond acceptors (Lipinski definition) is 4. The molecule has 2 aromatic rings. The predicted octanol–water partition coefficient (Wildman–Crippen LogP) is 3.15. The zero-order valence-corrected chi connectivity index (χ0v) is 13.6. The summed E-state index contributed by atoms with van der Waals surface area (Å²) in [4.78, 5) is 3.55. The Balaban J connectivity index is 2.05. The van der Waals surface area contributed by atoms with Gasteiger partial charge in [-0.15, -0.1) is 0 Å². The summed E-state index contributed by atoms with van der Waals surface area (Å²) in [6, 6.07) is 8.57. The van der Waals surface area contributed by atoms with Crippen molar-refractivity contribution in [1.29, 1.82) is 0 Å². The number of nitrogens with one attached hydrogen (secondary N) is 1. The van der Waals surface area contributed by atoms with Gasteiger partial charge in [-0.1, -0.05) is 23.7 Å². The third-order valence-electron chi connectivity index (χ3n) is 2.78. The van der Waals surface area contributed by atoms with Crippen molar-refractivity contribution >= 4 is 21.6 Å². The van der Waals surface area contributed by atoms with Gasteiger partial charge in [0.25, 0.3) is 0 Å². The molecule has 0 aliphatic heterocycles. The molecule has 24 heavy (non-hydrogen) atoms. The number of sulfonamides is 1. The third-order valence-corrected chi connectivity index (χ3v) is 4.68. The van der Waals surface area contributed by atoms with Crippen molar-refractivity contribution in [2.24, 2.45) is 0 Å². The Bertz CT molecular complexity index is 813. The van der Waals surface area contributed by atoms with E-state index in [9.17, 15) is 21.6 Å². The van der Waals surface area contributed by atoms with Crippen LogP contribution in [0.2, 0.25) is 5.02 Å². The molecule has 130 valence electrons. The molecule has 0 unspecified atom stereocenters. The highest BCUT2D eigenvalue weighted by Crippen LogP contribution is 2.21. The van der Waals surface area contributed by atoms with Gasteiger partial charge in [-0.05, 0) is 23.8 Å². The first-order valence-electron chi connectivity index (χ1n) is 6.56. The highest BCUT2D eigenvalue weighted by molar-refractivity contribution is 7.89. The van der Waals surface area contributed by atoms with Gasteiger partial charge in [0.15, 0.2) is 6.61 Å². The number of aromatic nitrogens is 1. The van der Waals surface area contributed by atoms with Crippen LogP contribution in [0.1, 0.15) is 5.56 Å². The molecule has 0 bridgehead atoms. The van der Waals surface area contributed by atoms with E-state index in [0.717, 1.165) is 0 Å². The molecule has 10 heteroatoms. The molecule has 0 atom stereocenters. The van der Waals surface area contributed by atoms with Crippen molar-refractivity contribution in [3.63, 3.8) is 0 Å². The van der Waals surface area contributed by atoms with E-state index in [1.54, 1.807) is 6.07 Å². The average Bonchev–Trinajstić information content (AvgIpc) is 2.51. The second-order valence-electron chi connectivity index (χ2n) is 4.66. The minimum Gasteiger partial charge on any atom is -0.468 e. The second-order valence-corrected chi connectivity index (χ2v) is 6.80. The van der Waals surface area contributed by atoms with E-state index in [4.69, 9.17) is 11.6 Å². The van der Waals surface area contributed by atoms with Gasteiger partial charge in [-0.3, -0.25) is 0 Å². The molecule has 1 aromatic heterocycles. The van der Waals surface area contributed by atoms with Gasteiger partial charge in [0.05, 0.1) is 5.02 Å². The highest BCUT2D eigenvalue weighted by atomic mass is 35.5. The SMILES string of the molecule is O=S(=O)(NCc1ccnc(OCC(F)(F)F)c1)c1ccccc1Cl. The maximum absolute atomic E-state index is 12.2. The van der Waals surface area contributed by atoms with Gasteiger partial charge in [0.1, 0.15) is 4.90 Å². The topological polar surface area (TPSA) is 68.3 Å². The van der Waals surface area contributed by atoms with E-state index in [1.807, 2.05) is 0 Å². The molecule has 1 N–H and O–H groups in total. The lowest BCUT2D eigenvalue weighted by molar-refractivity contribution is -0.154. The van der Waals surface area contributed by atoms with Crippen LogP contribution in [-0.2, 0) is 16.6 Å². The van der Waals surface area contributed by atoms with E-state index < -0.39 is 22.8 Å². The number of alkyl halides is 3. The molecule has 5 nitrogen and oxygen atoms in total. The van der Waals surface area contributed by atoms with E-state index >= 15 is 0 Å². The number of benzene rings is 1. The normalized spacial score (nSPS) is 12.2. The molecule has 0 radical (unpaired) electrons. The number of rotatable bonds is 6. The Labute approximate surface area is 141 Å². The lowest BCUT2D eigenvalue weighted by Crippen LogP contribution is -2.23. The monoisotopic (exact) mass is 380 g/mol. The molecule has 0 saturated heterocycles. The number of pyridine rings is 1. The molecule has 2 rings (SSSR count). The number of ether oxygens (including phenoxy) is 1. The van der Waals surface area contributed by atoms with Crippen LogP contribution in [-0.4, -0.2) is 26.2 Å². The van der Waals surface area contributed by atoms with E-state index in [1.165, 1.54) is 36.5 Å². The lowest BCUT2D eigenvalue weighted by atomic mass is 10.3. The Hall–Kier alpha value is -1.84. The van der Waals surface area contributed by atoms with Crippen molar-refractivity contribution in [1.82, 2.24) is 9.71 Å². The molecule has 0 saturated carbocycles. The lowest BCUT2D eigenvalue weighted by Gasteiger charge is -2.10. The van der Waals surface area contributed by atoms with E-state index in [0.29, 0.717) is 5.56 Å². The van der Waals surface area contributed by atoms with Crippen LogP contribution < -0.4 is 9.46 Å². The Kier molecular flexibility index (Phi) is 5.68. The minimum absolute atomic E-state index is 0.0638. The van der Waals surface area contributed by atoms with Crippen molar-refractivity contribution in [2.75, 3.05) is 6.61 Å². The van der Waals surface area contributed by atoms with Crippen LogP contribution in [0.25, 0.3) is 0 Å². The van der Waals surface area contributed by atoms with Gasteiger partial charge in [0, 0.05) is 18.8 Å². The first-order chi connectivity index (χ1) is 11.2. The fourth-order valence-corrected chi connectivity index (χ4v) is 3.25. The van der Waals surface area contributed by atoms with Crippen LogP contribution >= 0.6 is 11.6 Å². The van der Waals surface area contributed by atoms with Crippen LogP contribution in [0.4, 0.5) is 13.2 Å². The smallest absolute Gasteiger partial charge is 0.422 e. The average molecular weight is 381 g/mol. The summed E-state index contributed by atoms with van der Waals surface area (Å²) < 4.78 is 67.5. The Morgan fingerprint density at radius 3 is 2.58 bits per heavy atom. The Morgan fingerprint density at radius 2 is 1.92 bits per heavy atom. The highest BCUT2D eigenvalue weighted by Gasteiger charge is 2.28. The molecule has 0 amide bonds. The summed E-state index contributed by atoms with van der Waals surface area (Å²) in [6.07, 6.45) is -3.26. The summed E-state index contributed by atoms with van der Waals surface area (Å²) in [5.74, 6) is -0.248. The fraction of sp³-hybridized carbons (Fsp3) is 0.214. The van der Waals surface area contributed by atoms with Crippen LogP contribution in [0.5, 0.6) is 5.88 Å². The van der Waals surface area contributed by atoms with E-state index in [-0.39, 0.29) is 22.3 Å². The fourth-order valence-electron chi connectivity index (χ4n) is 1.71. The molecule has 1 aromatic carbocycles. The number of halogens is 4. The molecule has 0 aliphatic carbocycles. The zero-order valence-electron chi connectivity index (χ0n) is 12.0. The van der Waals surface area contributed by atoms with Crippen molar-refractivity contribution in [3.05, 3.63) is 53.2 Å². The summed E-state index contributed by atoms with van der Waals surface area (Å²) in [5.41, 5.74) is 0.387. The molecular weight excluding hydrogens is 369 g/mol. The first-order valence-corrected chi connectivity index (χ1v) is 8.42. The maximum Gasteiger partial charge on any atom is 0.422 e. The van der Waals surface area contributed by atoms with Gasteiger partial charge in [-0.25, -0.2) is 18.1 Å². The van der Waals surface area contributed by atoms with E-state index in [2.05, 4.69) is 14.4 Å². The van der Waals surface area contributed by atoms with Crippen LogP contribution in [0.3, 0.4) is 0 Å². The summed E-state index contributed by atoms with van der Waals surface area (Å²) in [6.45, 7) is -1.63. The van der Waals surface area contributed by atoms with Crippen molar-refractivity contribution < 1.29 is 26.3 Å². The largest absolute Gasteiger partial charge is 0.468 e. The van der Waals surface area contributed by atoms with Crippen LogP contribution in [0.15, 0.2) is 47.5 Å². The van der Waals surface area contributed by atoms with Crippen molar-refractivity contribution in [3.8, 4) is 5.88 Å². The second kappa shape index (κ2) is 7.37. The summed E-state index contributed by atoms with van der Waals surface area (Å²) in [7, 11) is -3.86. The molecule has 0 aliphatic rings. The molecule has 0 spiro atoms. The maximum atomic E-state index is 12.2. The van der Waals surface area contributed by atoms with Gasteiger partial charge >= 0.3 is 6.18 Å². The first kappa shape index (κ1) is 18.5. The quantitative estimate of drug-likeness (QED) is 0.836. The number of hydrogen-bond donors (Lipinski definition) is 1. The third kappa shape index (κ3) is 5.36. The summed E-state index contributed by atoms with van der Waals surface area (Å²) >= 11 is 5.84. The predicted molar refractivity (Wildman–Crippen MR) is 81.3 cm³/mol.